The van der Waals surface area contributed by atoms with Crippen LogP contribution in [0.4, 0.5) is 0 Å². The molecule has 3 rings (SSSR count). The maximum atomic E-state index is 12.5. The van der Waals surface area contributed by atoms with E-state index in [-0.39, 0.29) is 28.9 Å². The molecule has 128 valence electrons. The van der Waals surface area contributed by atoms with Gasteiger partial charge in [-0.05, 0) is 52.7 Å². The Morgan fingerprint density at radius 2 is 1.79 bits per heavy atom. The Hall–Kier alpha value is -2.21. The minimum Gasteiger partial charge on any atom is -0.346 e. The van der Waals surface area contributed by atoms with Gasteiger partial charge in [0.1, 0.15) is 6.33 Å². The Morgan fingerprint density at radius 1 is 1.17 bits per heavy atom. The van der Waals surface area contributed by atoms with E-state index in [1.54, 1.807) is 11.0 Å². The lowest BCUT2D eigenvalue weighted by atomic mass is 9.79. The monoisotopic (exact) mass is 327 g/mol. The van der Waals surface area contributed by atoms with Gasteiger partial charge in [-0.2, -0.15) is 0 Å². The average Bonchev–Trinajstić information content (AvgIpc) is 2.94. The van der Waals surface area contributed by atoms with Crippen molar-refractivity contribution in [3.63, 3.8) is 0 Å². The Kier molecular flexibility index (Phi) is 4.17. The van der Waals surface area contributed by atoms with Crippen molar-refractivity contribution >= 4 is 5.91 Å². The quantitative estimate of drug-likeness (QED) is 0.907. The largest absolute Gasteiger partial charge is 0.346 e. The van der Waals surface area contributed by atoms with Crippen molar-refractivity contribution in [2.75, 3.05) is 0 Å². The lowest BCUT2D eigenvalue weighted by molar-refractivity contribution is 0.0863. The molecule has 24 heavy (non-hydrogen) atoms. The van der Waals surface area contributed by atoms with Crippen molar-refractivity contribution in [1.82, 2.24) is 25.4 Å². The fraction of sp³-hybridized carbons (Fsp3) is 0.500. The number of amides is 1. The van der Waals surface area contributed by atoms with Gasteiger partial charge in [0, 0.05) is 17.1 Å². The topological polar surface area (TPSA) is 71.8 Å². The highest BCUT2D eigenvalue weighted by Crippen LogP contribution is 2.28. The number of aromatic nitrogens is 3. The number of carbonyl (C=O) groups excluding carboxylic acids is 1. The number of hydrogen-bond acceptors (Lipinski definition) is 4. The van der Waals surface area contributed by atoms with E-state index in [1.165, 1.54) is 0 Å². The van der Waals surface area contributed by atoms with E-state index in [0.29, 0.717) is 0 Å². The molecule has 1 saturated heterocycles. The first kappa shape index (κ1) is 16.6. The van der Waals surface area contributed by atoms with Crippen LogP contribution >= 0.6 is 0 Å². The minimum absolute atomic E-state index is 0.0173. The first-order valence-electron chi connectivity index (χ1n) is 8.31. The number of rotatable bonds is 3. The van der Waals surface area contributed by atoms with Crippen LogP contribution in [0.2, 0.25) is 0 Å². The Bertz CT molecular complexity index is 704. The molecule has 0 spiro atoms. The Balaban J connectivity index is 1.70. The van der Waals surface area contributed by atoms with Crippen LogP contribution in [0.5, 0.6) is 0 Å². The van der Waals surface area contributed by atoms with Crippen LogP contribution in [0.15, 0.2) is 36.7 Å². The molecule has 1 aromatic carbocycles. The van der Waals surface area contributed by atoms with Crippen LogP contribution in [0.25, 0.3) is 5.69 Å². The van der Waals surface area contributed by atoms with E-state index in [0.717, 1.165) is 18.5 Å². The smallest absolute Gasteiger partial charge is 0.291 e. The summed E-state index contributed by atoms with van der Waals surface area (Å²) in [6.07, 6.45) is 3.32. The number of hydrogen-bond donors (Lipinski definition) is 2. The molecule has 0 atom stereocenters. The van der Waals surface area contributed by atoms with Gasteiger partial charge in [0.15, 0.2) is 0 Å². The second-order valence-corrected chi connectivity index (χ2v) is 7.82. The van der Waals surface area contributed by atoms with Crippen molar-refractivity contribution in [2.24, 2.45) is 0 Å². The summed E-state index contributed by atoms with van der Waals surface area (Å²) in [6.45, 7) is 8.65. The van der Waals surface area contributed by atoms with Crippen molar-refractivity contribution in [1.29, 1.82) is 0 Å². The van der Waals surface area contributed by atoms with Crippen LogP contribution < -0.4 is 10.6 Å². The van der Waals surface area contributed by atoms with Gasteiger partial charge in [0.2, 0.25) is 5.82 Å². The molecule has 2 aromatic rings. The number of carbonyl (C=O) groups is 1. The zero-order valence-electron chi connectivity index (χ0n) is 14.7. The Morgan fingerprint density at radius 3 is 2.42 bits per heavy atom. The van der Waals surface area contributed by atoms with Crippen LogP contribution in [0.3, 0.4) is 0 Å². The molecule has 1 fully saturated rings. The predicted octanol–water partition coefficient (Wildman–Crippen LogP) is 2.31. The summed E-state index contributed by atoms with van der Waals surface area (Å²) >= 11 is 0. The zero-order chi connectivity index (χ0) is 17.4. The number of benzene rings is 1. The Labute approximate surface area is 142 Å². The van der Waals surface area contributed by atoms with E-state index in [4.69, 9.17) is 0 Å². The third-order valence-corrected chi connectivity index (χ3v) is 4.24. The summed E-state index contributed by atoms with van der Waals surface area (Å²) in [5.41, 5.74) is 0.848. The molecule has 6 nitrogen and oxygen atoms in total. The lowest BCUT2D eigenvalue weighted by Gasteiger charge is -2.46. The molecular formula is C18H25N5O. The van der Waals surface area contributed by atoms with Crippen molar-refractivity contribution in [2.45, 2.75) is 57.7 Å². The summed E-state index contributed by atoms with van der Waals surface area (Å²) in [6, 6.07) is 9.75. The first-order valence-corrected chi connectivity index (χ1v) is 8.31. The molecule has 6 heteroatoms. The lowest BCUT2D eigenvalue weighted by Crippen LogP contribution is -2.62. The molecule has 1 aliphatic rings. The highest BCUT2D eigenvalue weighted by atomic mass is 16.2. The molecule has 0 aliphatic carbocycles. The molecule has 0 unspecified atom stereocenters. The van der Waals surface area contributed by atoms with Crippen molar-refractivity contribution < 1.29 is 4.79 Å². The first-order chi connectivity index (χ1) is 11.2. The molecule has 2 heterocycles. The van der Waals surface area contributed by atoms with Gasteiger partial charge in [-0.25, -0.2) is 9.67 Å². The molecule has 1 amide bonds. The summed E-state index contributed by atoms with van der Waals surface area (Å²) < 4.78 is 1.62. The van der Waals surface area contributed by atoms with Gasteiger partial charge < -0.3 is 10.6 Å². The van der Waals surface area contributed by atoms with Crippen molar-refractivity contribution in [3.05, 3.63) is 42.5 Å². The fourth-order valence-electron chi connectivity index (χ4n) is 3.75. The minimum atomic E-state index is -0.219. The number of piperidine rings is 1. The predicted molar refractivity (Wildman–Crippen MR) is 93.1 cm³/mol. The van der Waals surface area contributed by atoms with Crippen LogP contribution in [-0.2, 0) is 0 Å². The molecular weight excluding hydrogens is 302 g/mol. The third kappa shape index (κ3) is 3.82. The van der Waals surface area contributed by atoms with Crippen LogP contribution in [0, 0.1) is 0 Å². The third-order valence-electron chi connectivity index (χ3n) is 4.24. The number of para-hydroxylation sites is 1. The van der Waals surface area contributed by atoms with E-state index in [1.807, 2.05) is 30.3 Å². The highest BCUT2D eigenvalue weighted by Gasteiger charge is 2.38. The van der Waals surface area contributed by atoms with E-state index in [2.05, 4.69) is 48.4 Å². The molecule has 0 saturated carbocycles. The molecule has 0 radical (unpaired) electrons. The van der Waals surface area contributed by atoms with Gasteiger partial charge in [-0.3, -0.25) is 4.79 Å². The molecule has 2 N–H and O–H groups in total. The summed E-state index contributed by atoms with van der Waals surface area (Å²) in [4.78, 5) is 16.7. The SMILES string of the molecule is CC1(C)CC(NC(=O)c2ncn(-c3ccccc3)n2)CC(C)(C)N1. The molecule has 0 bridgehead atoms. The van der Waals surface area contributed by atoms with Gasteiger partial charge in [-0.15, -0.1) is 5.10 Å². The van der Waals surface area contributed by atoms with E-state index < -0.39 is 0 Å². The van der Waals surface area contributed by atoms with Crippen LogP contribution in [-0.4, -0.2) is 37.8 Å². The van der Waals surface area contributed by atoms with Crippen LogP contribution in [0.1, 0.15) is 51.2 Å². The second-order valence-electron chi connectivity index (χ2n) is 7.82. The molecule has 1 aliphatic heterocycles. The summed E-state index contributed by atoms with van der Waals surface area (Å²) in [5, 5.41) is 11.0. The van der Waals surface area contributed by atoms with E-state index in [9.17, 15) is 4.79 Å². The van der Waals surface area contributed by atoms with Gasteiger partial charge in [0.05, 0.1) is 5.69 Å². The normalized spacial score (nSPS) is 19.8. The van der Waals surface area contributed by atoms with Gasteiger partial charge >= 0.3 is 0 Å². The van der Waals surface area contributed by atoms with Gasteiger partial charge in [-0.1, -0.05) is 18.2 Å². The van der Waals surface area contributed by atoms with E-state index >= 15 is 0 Å². The van der Waals surface area contributed by atoms with Gasteiger partial charge in [0.25, 0.3) is 5.91 Å². The van der Waals surface area contributed by atoms with Crippen molar-refractivity contribution in [3.8, 4) is 5.69 Å². The number of nitrogens with one attached hydrogen (secondary N) is 2. The maximum absolute atomic E-state index is 12.5. The standard InChI is InChI=1S/C18H25N5O/c1-17(2)10-13(11-18(3,4)22-17)20-16(24)15-19-12-23(21-15)14-8-6-5-7-9-14/h5-9,12-13,22H,10-11H2,1-4H3,(H,20,24). The zero-order valence-corrected chi connectivity index (χ0v) is 14.7. The number of nitrogens with zero attached hydrogens (tertiary/aromatic N) is 3. The maximum Gasteiger partial charge on any atom is 0.291 e. The molecule has 1 aromatic heterocycles. The second kappa shape index (κ2) is 6.02. The highest BCUT2D eigenvalue weighted by molar-refractivity contribution is 5.90. The summed E-state index contributed by atoms with van der Waals surface area (Å²) in [5.74, 6) is -0.0174. The fourth-order valence-corrected chi connectivity index (χ4v) is 3.75. The average molecular weight is 327 g/mol. The summed E-state index contributed by atoms with van der Waals surface area (Å²) in [7, 11) is 0.